The molecular formula is C28H25ClN6O5. The first-order valence-electron chi connectivity index (χ1n) is 12.3. The summed E-state index contributed by atoms with van der Waals surface area (Å²) >= 11 is 6.48. The highest BCUT2D eigenvalue weighted by Gasteiger charge is 2.48. The van der Waals surface area contributed by atoms with Gasteiger partial charge in [-0.1, -0.05) is 24.2 Å². The molecule has 1 fully saturated rings. The molecule has 0 radical (unpaired) electrons. The van der Waals surface area contributed by atoms with Crippen molar-refractivity contribution >= 4 is 51.7 Å². The van der Waals surface area contributed by atoms with Gasteiger partial charge in [-0.05, 0) is 55.3 Å². The van der Waals surface area contributed by atoms with E-state index in [2.05, 4.69) is 32.2 Å². The van der Waals surface area contributed by atoms with Crippen LogP contribution >= 0.6 is 11.6 Å². The molecule has 40 heavy (non-hydrogen) atoms. The number of nitrogens with two attached hydrogens (primary N) is 1. The minimum Gasteiger partial charge on any atom is -0.487 e. The Hall–Kier alpha value is -4.90. The molecule has 2 heterocycles. The van der Waals surface area contributed by atoms with E-state index < -0.39 is 17.6 Å². The average molecular weight is 561 g/mol. The summed E-state index contributed by atoms with van der Waals surface area (Å²) in [5.41, 5.74) is 6.76. The lowest BCUT2D eigenvalue weighted by Crippen LogP contribution is -2.30. The molecule has 0 bridgehead atoms. The number of rotatable bonds is 11. The Morgan fingerprint density at radius 3 is 2.62 bits per heavy atom. The van der Waals surface area contributed by atoms with Crippen LogP contribution in [0.5, 0.6) is 11.5 Å². The number of carbonyl (C=O) groups excluding carboxylic acids is 2. The third-order valence-corrected chi connectivity index (χ3v) is 6.39. The number of halogens is 1. The van der Waals surface area contributed by atoms with E-state index in [1.807, 2.05) is 18.2 Å². The number of anilines is 3. The Kier molecular flexibility index (Phi) is 7.65. The molecule has 1 aliphatic carbocycles. The van der Waals surface area contributed by atoms with Crippen molar-refractivity contribution in [2.45, 2.75) is 25.0 Å². The fourth-order valence-corrected chi connectivity index (χ4v) is 4.12. The second kappa shape index (κ2) is 11.5. The van der Waals surface area contributed by atoms with E-state index in [1.165, 1.54) is 6.33 Å². The summed E-state index contributed by atoms with van der Waals surface area (Å²) in [7, 11) is 0. The van der Waals surface area contributed by atoms with Gasteiger partial charge in [0.25, 0.3) is 0 Å². The standard InChI is InChI=1S/C28H25ClN6O5/c1-2-25(36)35-22-12-19-21(13-24(22)39-15-28(8-9-28)40-27(30)37)32-16-33-26(19)34-17-6-7-23(20(29)11-17)38-14-18-5-3-4-10-31-18/h2-7,10-13,16H,1,8-9,14-15H2,(H2,30,37)(H,35,36)(H,32,33,34). The van der Waals surface area contributed by atoms with Crippen LogP contribution in [0.1, 0.15) is 18.5 Å². The zero-order valence-corrected chi connectivity index (χ0v) is 22.0. The van der Waals surface area contributed by atoms with E-state index in [0.29, 0.717) is 57.5 Å². The molecule has 0 atom stereocenters. The molecule has 1 saturated carbocycles. The molecular weight excluding hydrogens is 536 g/mol. The molecule has 1 aliphatic rings. The van der Waals surface area contributed by atoms with Crippen LogP contribution in [0.25, 0.3) is 10.9 Å². The van der Waals surface area contributed by atoms with E-state index in [1.54, 1.807) is 36.5 Å². The van der Waals surface area contributed by atoms with E-state index >= 15 is 0 Å². The quantitative estimate of drug-likeness (QED) is 0.212. The van der Waals surface area contributed by atoms with Gasteiger partial charge in [0.05, 0.1) is 21.9 Å². The topological polar surface area (TPSA) is 151 Å². The molecule has 12 heteroatoms. The van der Waals surface area contributed by atoms with Gasteiger partial charge in [-0.25, -0.2) is 14.8 Å². The van der Waals surface area contributed by atoms with Gasteiger partial charge in [-0.3, -0.25) is 9.78 Å². The first-order valence-corrected chi connectivity index (χ1v) is 12.6. The largest absolute Gasteiger partial charge is 0.487 e. The van der Waals surface area contributed by atoms with E-state index in [-0.39, 0.29) is 13.2 Å². The number of pyridine rings is 1. The maximum absolute atomic E-state index is 12.2. The lowest BCUT2D eigenvalue weighted by Gasteiger charge is -2.19. The number of nitrogens with zero attached hydrogens (tertiary/aromatic N) is 3. The molecule has 5 rings (SSSR count). The van der Waals surface area contributed by atoms with Crippen LogP contribution in [-0.4, -0.2) is 39.2 Å². The fraction of sp³-hybridized carbons (Fsp3) is 0.179. The first-order chi connectivity index (χ1) is 19.3. The zero-order chi connectivity index (χ0) is 28.1. The van der Waals surface area contributed by atoms with Crippen molar-refractivity contribution in [2.75, 3.05) is 17.2 Å². The van der Waals surface area contributed by atoms with Crippen LogP contribution in [0.2, 0.25) is 5.02 Å². The van der Waals surface area contributed by atoms with Crippen LogP contribution < -0.4 is 25.8 Å². The third kappa shape index (κ3) is 6.38. The molecule has 4 N–H and O–H groups in total. The number of aromatic nitrogens is 3. The number of benzene rings is 2. The SMILES string of the molecule is C=CC(=O)Nc1cc2c(Nc3ccc(OCc4ccccn4)c(Cl)c3)ncnc2cc1OCC1(OC(N)=O)CC1. The highest BCUT2D eigenvalue weighted by atomic mass is 35.5. The summed E-state index contributed by atoms with van der Waals surface area (Å²) in [6, 6.07) is 14.2. The summed E-state index contributed by atoms with van der Waals surface area (Å²) in [4.78, 5) is 36.4. The molecule has 0 saturated heterocycles. The number of nitrogens with one attached hydrogen (secondary N) is 2. The maximum Gasteiger partial charge on any atom is 0.405 e. The number of hydrogen-bond donors (Lipinski definition) is 3. The number of hydrogen-bond acceptors (Lipinski definition) is 9. The molecule has 11 nitrogen and oxygen atoms in total. The van der Waals surface area contributed by atoms with Gasteiger partial charge in [0, 0.05) is 23.3 Å². The minimum absolute atomic E-state index is 0.0713. The highest BCUT2D eigenvalue weighted by Crippen LogP contribution is 2.41. The molecule has 2 amide bonds. The normalized spacial score (nSPS) is 13.2. The van der Waals surface area contributed by atoms with Gasteiger partial charge in [0.15, 0.2) is 0 Å². The Morgan fingerprint density at radius 2 is 1.93 bits per heavy atom. The van der Waals surface area contributed by atoms with Gasteiger partial charge < -0.3 is 30.6 Å². The zero-order valence-electron chi connectivity index (χ0n) is 21.2. The maximum atomic E-state index is 12.2. The number of carbonyl (C=O) groups is 2. The van der Waals surface area contributed by atoms with Crippen LogP contribution in [0.15, 0.2) is 73.7 Å². The summed E-state index contributed by atoms with van der Waals surface area (Å²) in [5.74, 6) is 0.886. The number of fused-ring (bicyclic) bond motifs is 1. The second-order valence-corrected chi connectivity index (χ2v) is 9.46. The number of ether oxygens (including phenoxy) is 3. The fourth-order valence-electron chi connectivity index (χ4n) is 3.89. The first kappa shape index (κ1) is 26.7. The lowest BCUT2D eigenvalue weighted by atomic mass is 10.1. The molecule has 0 spiro atoms. The predicted octanol–water partition coefficient (Wildman–Crippen LogP) is 5.13. The van der Waals surface area contributed by atoms with E-state index in [0.717, 1.165) is 11.8 Å². The molecule has 4 aromatic rings. The molecule has 0 unspecified atom stereocenters. The van der Waals surface area contributed by atoms with Crippen LogP contribution in [0.3, 0.4) is 0 Å². The van der Waals surface area contributed by atoms with Gasteiger partial charge >= 0.3 is 6.09 Å². The Labute approximate surface area is 234 Å². The van der Waals surface area contributed by atoms with Crippen molar-refractivity contribution in [3.05, 3.63) is 84.4 Å². The molecule has 204 valence electrons. The van der Waals surface area contributed by atoms with Crippen molar-refractivity contribution in [1.29, 1.82) is 0 Å². The Balaban J connectivity index is 1.38. The van der Waals surface area contributed by atoms with Gasteiger partial charge in [0.1, 0.15) is 42.5 Å². The number of primary amides is 1. The van der Waals surface area contributed by atoms with E-state index in [9.17, 15) is 9.59 Å². The number of amides is 2. The van der Waals surface area contributed by atoms with E-state index in [4.69, 9.17) is 31.5 Å². The summed E-state index contributed by atoms with van der Waals surface area (Å²) in [5, 5.41) is 7.00. The highest BCUT2D eigenvalue weighted by molar-refractivity contribution is 6.32. The van der Waals surface area contributed by atoms with Gasteiger partial charge in [-0.2, -0.15) is 0 Å². The predicted molar refractivity (Wildman–Crippen MR) is 150 cm³/mol. The third-order valence-electron chi connectivity index (χ3n) is 6.09. The summed E-state index contributed by atoms with van der Waals surface area (Å²) in [6.45, 7) is 3.86. The van der Waals surface area contributed by atoms with Crippen molar-refractivity contribution in [3.63, 3.8) is 0 Å². The van der Waals surface area contributed by atoms with Gasteiger partial charge in [-0.15, -0.1) is 0 Å². The Morgan fingerprint density at radius 1 is 1.07 bits per heavy atom. The molecule has 2 aromatic heterocycles. The lowest BCUT2D eigenvalue weighted by molar-refractivity contribution is -0.111. The van der Waals surface area contributed by atoms with Crippen molar-refractivity contribution in [1.82, 2.24) is 15.0 Å². The van der Waals surface area contributed by atoms with Crippen molar-refractivity contribution in [2.24, 2.45) is 5.73 Å². The second-order valence-electron chi connectivity index (χ2n) is 9.05. The van der Waals surface area contributed by atoms with Crippen LogP contribution in [0.4, 0.5) is 22.0 Å². The van der Waals surface area contributed by atoms with Crippen molar-refractivity contribution < 1.29 is 23.8 Å². The van der Waals surface area contributed by atoms with Crippen LogP contribution in [0, 0.1) is 0 Å². The average Bonchev–Trinajstić information content (AvgIpc) is 3.71. The summed E-state index contributed by atoms with van der Waals surface area (Å²) in [6.07, 6.45) is 4.64. The molecule has 2 aromatic carbocycles. The van der Waals surface area contributed by atoms with Gasteiger partial charge in [0.2, 0.25) is 5.91 Å². The Bertz CT molecular complexity index is 1580. The van der Waals surface area contributed by atoms with Crippen LogP contribution in [-0.2, 0) is 16.1 Å². The smallest absolute Gasteiger partial charge is 0.405 e. The summed E-state index contributed by atoms with van der Waals surface area (Å²) < 4.78 is 17.0. The monoisotopic (exact) mass is 560 g/mol. The molecule has 0 aliphatic heterocycles. The minimum atomic E-state index is -0.865. The van der Waals surface area contributed by atoms with Crippen molar-refractivity contribution in [3.8, 4) is 11.5 Å².